The smallest absolute Gasteiger partial charge is 0.164 e. The first-order valence-corrected chi connectivity index (χ1v) is 17.8. The Morgan fingerprint density at radius 3 is 2.00 bits per heavy atom. The fourth-order valence-electron chi connectivity index (χ4n) is 7.54. The molecule has 0 bridgehead atoms. The fourth-order valence-corrected chi connectivity index (χ4v) is 8.62. The topological polar surface area (TPSA) is 56.7 Å². The van der Waals surface area contributed by atoms with Crippen LogP contribution in [0.3, 0.4) is 0 Å². The molecule has 4 heterocycles. The molecule has 5 nitrogen and oxygen atoms in total. The minimum atomic E-state index is 0.603. The molecule has 11 aromatic rings. The lowest BCUT2D eigenvalue weighted by Gasteiger charge is -2.10. The Morgan fingerprint density at radius 2 is 1.14 bits per heavy atom. The van der Waals surface area contributed by atoms with Crippen LogP contribution < -0.4 is 0 Å². The normalized spacial score (nSPS) is 11.9. The molecule has 0 fully saturated rings. The van der Waals surface area contributed by atoms with Crippen LogP contribution in [0.5, 0.6) is 0 Å². The maximum atomic E-state index is 6.62. The van der Waals surface area contributed by atoms with Crippen molar-refractivity contribution in [2.75, 3.05) is 0 Å². The number of furan rings is 1. The van der Waals surface area contributed by atoms with Crippen molar-refractivity contribution in [3.8, 4) is 39.9 Å². The minimum Gasteiger partial charge on any atom is -0.456 e. The number of hydrogen-bond donors (Lipinski definition) is 0. The van der Waals surface area contributed by atoms with Gasteiger partial charge in [-0.25, -0.2) is 15.0 Å². The van der Waals surface area contributed by atoms with Gasteiger partial charge in [0.15, 0.2) is 17.5 Å². The van der Waals surface area contributed by atoms with Crippen molar-refractivity contribution in [1.29, 1.82) is 0 Å². The molecule has 0 saturated carbocycles. The number of nitrogens with zero attached hydrogens (tertiary/aromatic N) is 4. The zero-order valence-electron chi connectivity index (χ0n) is 27.1. The molecule has 6 heteroatoms. The Balaban J connectivity index is 1.18. The van der Waals surface area contributed by atoms with Gasteiger partial charge in [0.1, 0.15) is 11.2 Å². The summed E-state index contributed by atoms with van der Waals surface area (Å²) in [6.07, 6.45) is 0. The van der Waals surface area contributed by atoms with E-state index in [2.05, 4.69) is 120 Å². The molecule has 7 aromatic carbocycles. The van der Waals surface area contributed by atoms with Gasteiger partial charge in [0.25, 0.3) is 0 Å². The number of fused-ring (bicyclic) bond motifs is 9. The van der Waals surface area contributed by atoms with Gasteiger partial charge >= 0.3 is 0 Å². The molecule has 0 aliphatic rings. The van der Waals surface area contributed by atoms with Gasteiger partial charge in [0.2, 0.25) is 0 Å². The molecule has 4 aromatic heterocycles. The molecule has 0 radical (unpaired) electrons. The third-order valence-electron chi connectivity index (χ3n) is 9.85. The summed E-state index contributed by atoms with van der Waals surface area (Å²) in [6, 6.07) is 54.9. The highest BCUT2D eigenvalue weighted by Gasteiger charge is 2.21. The van der Waals surface area contributed by atoms with Crippen molar-refractivity contribution in [2.45, 2.75) is 0 Å². The molecule has 0 N–H and O–H groups in total. The van der Waals surface area contributed by atoms with Gasteiger partial charge in [0, 0.05) is 64.1 Å². The van der Waals surface area contributed by atoms with E-state index < -0.39 is 0 Å². The van der Waals surface area contributed by atoms with E-state index in [1.54, 1.807) is 11.3 Å². The van der Waals surface area contributed by atoms with Crippen LogP contribution in [0, 0.1) is 0 Å². The predicted octanol–water partition coefficient (Wildman–Crippen LogP) is 12.2. The first-order valence-electron chi connectivity index (χ1n) is 16.9. The summed E-state index contributed by atoms with van der Waals surface area (Å²) < 4.78 is 11.5. The molecule has 51 heavy (non-hydrogen) atoms. The van der Waals surface area contributed by atoms with E-state index in [-0.39, 0.29) is 0 Å². The summed E-state index contributed by atoms with van der Waals surface area (Å²) >= 11 is 1.81. The quantitative estimate of drug-likeness (QED) is 0.187. The van der Waals surface area contributed by atoms with Crippen LogP contribution in [0.15, 0.2) is 162 Å². The molecule has 0 saturated heterocycles. The first-order chi connectivity index (χ1) is 25.3. The van der Waals surface area contributed by atoms with E-state index in [0.29, 0.717) is 17.5 Å². The van der Waals surface area contributed by atoms with Gasteiger partial charge in [-0.3, -0.25) is 0 Å². The standard InChI is InChI=1S/C45H26N4OS/c1-3-12-27(13-4-1)43-46-44(28-22-23-41-34(24-28)31-17-8-10-21-40(31)51-41)48-45(47-43)32-18-11-20-38-42(32)35-25-37-33(26-39(35)50-38)30-16-7-9-19-36(30)49(37)29-14-5-2-6-15-29/h1-26H. The summed E-state index contributed by atoms with van der Waals surface area (Å²) in [6.45, 7) is 0. The van der Waals surface area contributed by atoms with E-state index in [9.17, 15) is 0 Å². The lowest BCUT2D eigenvalue weighted by molar-refractivity contribution is 0.669. The van der Waals surface area contributed by atoms with Crippen molar-refractivity contribution in [3.05, 3.63) is 158 Å². The van der Waals surface area contributed by atoms with Gasteiger partial charge in [-0.15, -0.1) is 11.3 Å². The van der Waals surface area contributed by atoms with Crippen LogP contribution in [-0.2, 0) is 0 Å². The highest BCUT2D eigenvalue weighted by atomic mass is 32.1. The zero-order valence-corrected chi connectivity index (χ0v) is 27.9. The maximum absolute atomic E-state index is 6.62. The summed E-state index contributed by atoms with van der Waals surface area (Å²) in [4.78, 5) is 15.4. The number of para-hydroxylation sites is 2. The van der Waals surface area contributed by atoms with Crippen LogP contribution in [0.4, 0.5) is 0 Å². The third kappa shape index (κ3) is 4.37. The average molecular weight is 671 g/mol. The maximum Gasteiger partial charge on any atom is 0.164 e. The Labute approximate surface area is 295 Å². The van der Waals surface area contributed by atoms with Crippen LogP contribution in [0.1, 0.15) is 0 Å². The molecule has 238 valence electrons. The van der Waals surface area contributed by atoms with Crippen LogP contribution >= 0.6 is 11.3 Å². The second-order valence-electron chi connectivity index (χ2n) is 12.8. The highest BCUT2D eigenvalue weighted by Crippen LogP contribution is 2.42. The number of benzene rings is 7. The Hall–Kier alpha value is -6.63. The molecule has 0 unspecified atom stereocenters. The Bertz CT molecular complexity index is 3140. The number of hydrogen-bond acceptors (Lipinski definition) is 5. The second-order valence-corrected chi connectivity index (χ2v) is 13.9. The van der Waals surface area contributed by atoms with Gasteiger partial charge < -0.3 is 8.98 Å². The summed E-state index contributed by atoms with van der Waals surface area (Å²) in [7, 11) is 0. The molecule has 0 aliphatic heterocycles. The summed E-state index contributed by atoms with van der Waals surface area (Å²) in [5.74, 6) is 1.86. The largest absolute Gasteiger partial charge is 0.456 e. The van der Waals surface area contributed by atoms with Gasteiger partial charge in [-0.1, -0.05) is 97.1 Å². The summed E-state index contributed by atoms with van der Waals surface area (Å²) in [5.41, 5.74) is 7.78. The Morgan fingerprint density at radius 1 is 0.431 bits per heavy atom. The van der Waals surface area contributed by atoms with Gasteiger partial charge in [-0.05, 0) is 60.7 Å². The van der Waals surface area contributed by atoms with E-state index in [1.807, 2.05) is 42.5 Å². The number of thiophene rings is 1. The SMILES string of the molecule is c1ccc(-c2nc(-c3ccc4sc5ccccc5c4c3)nc(-c3cccc4oc5cc6c7ccccc7n(-c7ccccc7)c6cc5c34)n2)cc1. The fraction of sp³-hybridized carbons (Fsp3) is 0. The number of rotatable bonds is 4. The van der Waals surface area contributed by atoms with E-state index >= 15 is 0 Å². The van der Waals surface area contributed by atoms with Crippen molar-refractivity contribution in [1.82, 2.24) is 19.5 Å². The van der Waals surface area contributed by atoms with Crippen molar-refractivity contribution < 1.29 is 4.42 Å². The summed E-state index contributed by atoms with van der Waals surface area (Å²) in [5, 5.41) is 6.77. The second kappa shape index (κ2) is 10.9. The monoisotopic (exact) mass is 670 g/mol. The predicted molar refractivity (Wildman–Crippen MR) is 211 cm³/mol. The number of aromatic nitrogens is 4. The van der Waals surface area contributed by atoms with Gasteiger partial charge in [0.05, 0.1) is 11.0 Å². The molecular weight excluding hydrogens is 645 g/mol. The van der Waals surface area contributed by atoms with Crippen molar-refractivity contribution in [3.63, 3.8) is 0 Å². The highest BCUT2D eigenvalue weighted by molar-refractivity contribution is 7.25. The first kappa shape index (κ1) is 28.2. The van der Waals surface area contributed by atoms with E-state index in [1.165, 1.54) is 25.6 Å². The van der Waals surface area contributed by atoms with Crippen LogP contribution in [-0.4, -0.2) is 19.5 Å². The molecule has 0 amide bonds. The molecule has 0 aliphatic carbocycles. The van der Waals surface area contributed by atoms with Crippen LogP contribution in [0.25, 0.3) is 104 Å². The van der Waals surface area contributed by atoms with E-state index in [4.69, 9.17) is 19.4 Å². The lowest BCUT2D eigenvalue weighted by Crippen LogP contribution is -2.00. The van der Waals surface area contributed by atoms with Crippen molar-refractivity contribution >= 4 is 75.3 Å². The third-order valence-corrected chi connectivity index (χ3v) is 11.0. The Kier molecular flexibility index (Phi) is 6.05. The lowest BCUT2D eigenvalue weighted by atomic mass is 10.0. The van der Waals surface area contributed by atoms with Crippen LogP contribution in [0.2, 0.25) is 0 Å². The van der Waals surface area contributed by atoms with Gasteiger partial charge in [-0.2, -0.15) is 0 Å². The molecular formula is C45H26N4OS. The zero-order chi connectivity index (χ0) is 33.5. The molecule has 0 spiro atoms. The minimum absolute atomic E-state index is 0.603. The van der Waals surface area contributed by atoms with E-state index in [0.717, 1.165) is 60.7 Å². The molecule has 0 atom stereocenters. The molecule has 11 rings (SSSR count). The average Bonchev–Trinajstić information content (AvgIpc) is 3.86. The van der Waals surface area contributed by atoms with Crippen molar-refractivity contribution in [2.24, 2.45) is 0 Å².